The van der Waals surface area contributed by atoms with E-state index in [0.29, 0.717) is 25.5 Å². The van der Waals surface area contributed by atoms with Crippen LogP contribution in [0.5, 0.6) is 0 Å². The summed E-state index contributed by atoms with van der Waals surface area (Å²) in [5.41, 5.74) is -1.06. The third-order valence-electron chi connectivity index (χ3n) is 3.48. The van der Waals surface area contributed by atoms with E-state index in [1.54, 1.807) is 0 Å². The normalized spacial score (nSPS) is 18.4. The van der Waals surface area contributed by atoms with E-state index in [-0.39, 0.29) is 5.69 Å². The second kappa shape index (κ2) is 6.02. The molecule has 1 atom stereocenters. The summed E-state index contributed by atoms with van der Waals surface area (Å²) in [6.45, 7) is 0.295. The van der Waals surface area contributed by atoms with Crippen molar-refractivity contribution in [3.8, 4) is 0 Å². The highest BCUT2D eigenvalue weighted by atomic mass is 19.1. The second-order valence-electron chi connectivity index (χ2n) is 4.74. The lowest BCUT2D eigenvalue weighted by molar-refractivity contribution is -0.386. The molecule has 1 aliphatic rings. The van der Waals surface area contributed by atoms with Gasteiger partial charge in [-0.2, -0.15) is 4.39 Å². The van der Waals surface area contributed by atoms with Crippen LogP contribution in [0.25, 0.3) is 0 Å². The van der Waals surface area contributed by atoms with Gasteiger partial charge >= 0.3 is 11.7 Å². The Morgan fingerprint density at radius 2 is 2.14 bits per heavy atom. The van der Waals surface area contributed by atoms with Crippen molar-refractivity contribution in [3.05, 3.63) is 33.9 Å². The van der Waals surface area contributed by atoms with E-state index in [0.717, 1.165) is 12.5 Å². The zero-order valence-electron chi connectivity index (χ0n) is 11.3. The van der Waals surface area contributed by atoms with E-state index < -0.39 is 34.3 Å². The molecule has 21 heavy (non-hydrogen) atoms. The number of nitro groups is 1. The van der Waals surface area contributed by atoms with Crippen molar-refractivity contribution in [2.45, 2.75) is 25.3 Å². The highest BCUT2D eigenvalue weighted by Gasteiger charge is 2.35. The first-order valence-corrected chi connectivity index (χ1v) is 6.43. The Labute approximate surface area is 119 Å². The first-order valence-electron chi connectivity index (χ1n) is 6.43. The molecule has 0 spiro atoms. The van der Waals surface area contributed by atoms with Gasteiger partial charge < -0.3 is 9.64 Å². The lowest BCUT2D eigenvalue weighted by atomic mass is 10.0. The Hall–Kier alpha value is -2.25. The standard InChI is InChI=1S/C13H14F2N2O4/c1-21-13(18)10-4-2-3-5-16(10)11-7-8(14)6-9(15)12(11)17(19)20/h6-7,10H,2-5H2,1H3. The van der Waals surface area contributed by atoms with Gasteiger partial charge in [-0.1, -0.05) is 0 Å². The van der Waals surface area contributed by atoms with E-state index in [1.807, 2.05) is 0 Å². The highest BCUT2D eigenvalue weighted by molar-refractivity contribution is 5.82. The Kier molecular flexibility index (Phi) is 4.35. The minimum absolute atomic E-state index is 0.229. The molecule has 0 amide bonds. The Bertz CT molecular complexity index is 580. The molecule has 0 radical (unpaired) electrons. The molecule has 0 bridgehead atoms. The number of carbonyl (C=O) groups is 1. The summed E-state index contributed by atoms with van der Waals surface area (Å²) in [6, 6.07) is 0.560. The van der Waals surface area contributed by atoms with Gasteiger partial charge in [0.15, 0.2) is 0 Å². The molecule has 1 unspecified atom stereocenters. The number of anilines is 1. The third-order valence-corrected chi connectivity index (χ3v) is 3.48. The predicted molar refractivity (Wildman–Crippen MR) is 70.0 cm³/mol. The van der Waals surface area contributed by atoms with Crippen LogP contribution in [0, 0.1) is 21.7 Å². The van der Waals surface area contributed by atoms with E-state index in [4.69, 9.17) is 0 Å². The van der Waals surface area contributed by atoms with Crippen molar-refractivity contribution in [2.75, 3.05) is 18.6 Å². The first-order chi connectivity index (χ1) is 9.95. The minimum atomic E-state index is -1.26. The smallest absolute Gasteiger partial charge is 0.328 e. The van der Waals surface area contributed by atoms with Crippen LogP contribution in [-0.2, 0) is 9.53 Å². The zero-order valence-corrected chi connectivity index (χ0v) is 11.3. The predicted octanol–water partition coefficient (Wildman–Crippen LogP) is 2.40. The van der Waals surface area contributed by atoms with E-state index in [9.17, 15) is 23.7 Å². The number of carbonyl (C=O) groups excluding carboxylic acids is 1. The minimum Gasteiger partial charge on any atom is -0.467 e. The molecule has 1 aromatic carbocycles. The Morgan fingerprint density at radius 3 is 2.76 bits per heavy atom. The summed E-state index contributed by atoms with van der Waals surface area (Å²) in [5.74, 6) is -2.76. The number of benzene rings is 1. The fraction of sp³-hybridized carbons (Fsp3) is 0.462. The van der Waals surface area contributed by atoms with Crippen LogP contribution in [0.4, 0.5) is 20.2 Å². The molecular formula is C13H14F2N2O4. The molecule has 1 aliphatic heterocycles. The molecule has 0 N–H and O–H groups in total. The van der Waals surface area contributed by atoms with Crippen molar-refractivity contribution in [1.29, 1.82) is 0 Å². The van der Waals surface area contributed by atoms with Gasteiger partial charge in [-0.15, -0.1) is 0 Å². The maximum atomic E-state index is 13.7. The summed E-state index contributed by atoms with van der Waals surface area (Å²) in [4.78, 5) is 23.3. The maximum absolute atomic E-state index is 13.7. The van der Waals surface area contributed by atoms with Crippen LogP contribution in [-0.4, -0.2) is 30.6 Å². The van der Waals surface area contributed by atoms with Crippen molar-refractivity contribution in [2.24, 2.45) is 0 Å². The fourth-order valence-corrected chi connectivity index (χ4v) is 2.55. The van der Waals surface area contributed by atoms with Crippen LogP contribution in [0.15, 0.2) is 12.1 Å². The SMILES string of the molecule is COC(=O)C1CCCCN1c1cc(F)cc(F)c1[N+](=O)[O-]. The number of rotatable bonds is 3. The molecule has 1 fully saturated rings. The van der Waals surface area contributed by atoms with Crippen LogP contribution < -0.4 is 4.90 Å². The van der Waals surface area contributed by atoms with Gasteiger partial charge in [0.1, 0.15) is 17.5 Å². The Balaban J connectivity index is 2.52. The van der Waals surface area contributed by atoms with Crippen LogP contribution >= 0.6 is 0 Å². The van der Waals surface area contributed by atoms with Gasteiger partial charge in [0, 0.05) is 18.7 Å². The molecule has 2 rings (SSSR count). The monoisotopic (exact) mass is 300 g/mol. The van der Waals surface area contributed by atoms with E-state index >= 15 is 0 Å². The van der Waals surface area contributed by atoms with Crippen LogP contribution in [0.2, 0.25) is 0 Å². The molecule has 1 saturated heterocycles. The van der Waals surface area contributed by atoms with Gasteiger partial charge in [-0.25, -0.2) is 9.18 Å². The number of hydrogen-bond acceptors (Lipinski definition) is 5. The first kappa shape index (κ1) is 15.1. The number of nitro benzene ring substituents is 1. The summed E-state index contributed by atoms with van der Waals surface area (Å²) in [6.07, 6.45) is 1.83. The number of nitrogens with zero attached hydrogens (tertiary/aromatic N) is 2. The number of methoxy groups -OCH3 is 1. The van der Waals surface area contributed by atoms with Crippen LogP contribution in [0.1, 0.15) is 19.3 Å². The van der Waals surface area contributed by atoms with E-state index in [2.05, 4.69) is 4.74 Å². The second-order valence-corrected chi connectivity index (χ2v) is 4.74. The van der Waals surface area contributed by atoms with E-state index in [1.165, 1.54) is 12.0 Å². The fourth-order valence-electron chi connectivity index (χ4n) is 2.55. The van der Waals surface area contributed by atoms with Crippen LogP contribution in [0.3, 0.4) is 0 Å². The average molecular weight is 300 g/mol. The van der Waals surface area contributed by atoms with Crippen molar-refractivity contribution in [1.82, 2.24) is 0 Å². The highest BCUT2D eigenvalue weighted by Crippen LogP contribution is 2.36. The Morgan fingerprint density at radius 1 is 1.43 bits per heavy atom. The number of hydrogen-bond donors (Lipinski definition) is 0. The molecule has 1 heterocycles. The number of piperidine rings is 1. The molecule has 0 aliphatic carbocycles. The number of ether oxygens (including phenoxy) is 1. The van der Waals surface area contributed by atoms with Crippen molar-refractivity contribution >= 4 is 17.3 Å². The quantitative estimate of drug-likeness (QED) is 0.487. The summed E-state index contributed by atoms with van der Waals surface area (Å²) in [5, 5.41) is 11.0. The number of esters is 1. The van der Waals surface area contributed by atoms with Gasteiger partial charge in [0.25, 0.3) is 0 Å². The average Bonchev–Trinajstić information content (AvgIpc) is 2.45. The lowest BCUT2D eigenvalue weighted by Crippen LogP contribution is -2.45. The topological polar surface area (TPSA) is 72.7 Å². The van der Waals surface area contributed by atoms with Gasteiger partial charge in [-0.05, 0) is 19.3 Å². The van der Waals surface area contributed by atoms with Gasteiger partial charge in [0.2, 0.25) is 5.82 Å². The van der Waals surface area contributed by atoms with Gasteiger partial charge in [-0.3, -0.25) is 10.1 Å². The summed E-state index contributed by atoms with van der Waals surface area (Å²) >= 11 is 0. The number of halogens is 2. The summed E-state index contributed by atoms with van der Waals surface area (Å²) in [7, 11) is 1.20. The zero-order chi connectivity index (χ0) is 15.6. The lowest BCUT2D eigenvalue weighted by Gasteiger charge is -2.35. The molecule has 8 heteroatoms. The molecular weight excluding hydrogens is 286 g/mol. The maximum Gasteiger partial charge on any atom is 0.328 e. The summed E-state index contributed by atoms with van der Waals surface area (Å²) < 4.78 is 31.8. The molecule has 6 nitrogen and oxygen atoms in total. The van der Waals surface area contributed by atoms with Crippen molar-refractivity contribution in [3.63, 3.8) is 0 Å². The molecule has 0 saturated carbocycles. The largest absolute Gasteiger partial charge is 0.467 e. The van der Waals surface area contributed by atoms with Gasteiger partial charge in [0.05, 0.1) is 12.0 Å². The molecule has 114 valence electrons. The third kappa shape index (κ3) is 2.93. The molecule has 1 aromatic rings. The van der Waals surface area contributed by atoms with Crippen molar-refractivity contribution < 1.29 is 23.2 Å². The molecule has 0 aromatic heterocycles.